The van der Waals surface area contributed by atoms with E-state index >= 15 is 4.39 Å². The Morgan fingerprint density at radius 1 is 0.915 bits per heavy atom. The topological polar surface area (TPSA) is 108 Å². The number of urea groups is 1. The van der Waals surface area contributed by atoms with Crippen LogP contribution in [0.5, 0.6) is 11.5 Å². The Morgan fingerprint density at radius 2 is 1.58 bits per heavy atom. The van der Waals surface area contributed by atoms with Gasteiger partial charge in [0.15, 0.2) is 5.78 Å². The summed E-state index contributed by atoms with van der Waals surface area (Å²) >= 11 is 6.47. The highest BCUT2D eigenvalue weighted by Crippen LogP contribution is 2.78. The first kappa shape index (κ1) is 41.3. The summed E-state index contributed by atoms with van der Waals surface area (Å²) in [4.78, 5) is 30.5. The van der Waals surface area contributed by atoms with Gasteiger partial charge in [-0.05, 0) is 116 Å². The van der Waals surface area contributed by atoms with Gasteiger partial charge in [0.05, 0.1) is 25.4 Å². The number of nitrogens with one attached hydrogen (secondary N) is 1. The number of rotatable bonds is 10. The largest absolute Gasteiger partial charge is 0.573 e. The lowest BCUT2D eigenvalue weighted by Crippen LogP contribution is -2.67. The highest BCUT2D eigenvalue weighted by Gasteiger charge is 2.74. The van der Waals surface area contributed by atoms with Crippen molar-refractivity contribution in [2.45, 2.75) is 89.8 Å². The van der Waals surface area contributed by atoms with Gasteiger partial charge in [0.25, 0.3) is 0 Å². The van der Waals surface area contributed by atoms with E-state index in [1.807, 2.05) is 6.92 Å². The quantitative estimate of drug-likeness (QED) is 0.139. The van der Waals surface area contributed by atoms with Crippen LogP contribution in [0.1, 0.15) is 69.9 Å². The highest BCUT2D eigenvalue weighted by atomic mass is 35.5. The van der Waals surface area contributed by atoms with Gasteiger partial charge in [-0.3, -0.25) is 4.79 Å². The van der Waals surface area contributed by atoms with Gasteiger partial charge in [-0.1, -0.05) is 61.9 Å². The fourth-order valence-electron chi connectivity index (χ4n) is 12.0. The number of carbonyl (C=O) groups is 2. The molecule has 2 bridgehead atoms. The molecule has 2 spiro atoms. The van der Waals surface area contributed by atoms with E-state index < -0.39 is 51.9 Å². The van der Waals surface area contributed by atoms with E-state index in [2.05, 4.69) is 35.2 Å². The minimum atomic E-state index is -4.87. The molecule has 9 rings (SSSR count). The zero-order valence-electron chi connectivity index (χ0n) is 33.3. The molecule has 59 heavy (non-hydrogen) atoms. The third-order valence-corrected chi connectivity index (χ3v) is 15.4. The number of carbonyl (C=O) groups excluding carboxylic acids is 2. The lowest BCUT2D eigenvalue weighted by atomic mass is 9.32. The number of methoxy groups -OCH3 is 1. The molecule has 3 saturated carbocycles. The van der Waals surface area contributed by atoms with Crippen LogP contribution in [0.25, 0.3) is 0 Å². The van der Waals surface area contributed by atoms with Gasteiger partial charge in [0.2, 0.25) is 0 Å². The van der Waals surface area contributed by atoms with Gasteiger partial charge in [-0.15, -0.1) is 13.2 Å². The van der Waals surface area contributed by atoms with Gasteiger partial charge < -0.3 is 29.9 Å². The lowest BCUT2D eigenvalue weighted by Gasteiger charge is -2.71. The van der Waals surface area contributed by atoms with Crippen LogP contribution in [0.2, 0.25) is 5.02 Å². The second-order valence-electron chi connectivity index (χ2n) is 17.8. The van der Waals surface area contributed by atoms with Crippen molar-refractivity contribution in [3.05, 3.63) is 112 Å². The van der Waals surface area contributed by atoms with Crippen molar-refractivity contribution in [3.8, 4) is 11.5 Å². The number of Topliss-reactive ketones (excluding diaryl/α,β-unsaturated/α-hetero) is 1. The number of amides is 2. The van der Waals surface area contributed by atoms with E-state index in [4.69, 9.17) is 16.3 Å². The predicted octanol–water partition coefficient (Wildman–Crippen LogP) is 9.82. The number of anilines is 1. The Bertz CT molecular complexity index is 2180. The minimum Gasteiger partial charge on any atom is -0.497 e. The van der Waals surface area contributed by atoms with Crippen LogP contribution in [0, 0.1) is 39.3 Å². The smallest absolute Gasteiger partial charge is 0.497 e. The molecule has 6 aliphatic carbocycles. The van der Waals surface area contributed by atoms with Crippen LogP contribution in [-0.4, -0.2) is 58.6 Å². The monoisotopic (exact) mass is 836 g/mol. The van der Waals surface area contributed by atoms with Crippen molar-refractivity contribution in [1.82, 2.24) is 4.90 Å². The Balaban J connectivity index is 1.16. The summed E-state index contributed by atoms with van der Waals surface area (Å²) in [6, 6.07) is 15.9. The fraction of sp³-hybridized carbons (Fsp3) is 0.478. The molecule has 0 radical (unpaired) electrons. The fourth-order valence-corrected chi connectivity index (χ4v) is 12.3. The molecule has 13 heteroatoms. The third kappa shape index (κ3) is 6.83. The Labute approximate surface area is 346 Å². The molecule has 0 heterocycles. The molecule has 314 valence electrons. The van der Waals surface area contributed by atoms with Gasteiger partial charge in [-0.25, -0.2) is 9.18 Å². The van der Waals surface area contributed by atoms with Crippen LogP contribution in [-0.2, 0) is 17.8 Å². The average molecular weight is 837 g/mol. The van der Waals surface area contributed by atoms with Crippen molar-refractivity contribution < 1.29 is 46.8 Å². The van der Waals surface area contributed by atoms with Crippen LogP contribution in [0.3, 0.4) is 0 Å². The minimum absolute atomic E-state index is 0.0140. The molecule has 3 aromatic rings. The number of benzene rings is 3. The summed E-state index contributed by atoms with van der Waals surface area (Å²) in [6.07, 6.45) is 4.72. The number of aliphatic hydroxyl groups is 2. The molecule has 0 aromatic heterocycles. The van der Waals surface area contributed by atoms with Crippen molar-refractivity contribution in [2.24, 2.45) is 33.5 Å². The number of nitrogens with zero attached hydrogens (tertiary/aromatic N) is 1. The SMILES string of the molecule is COc1ccc(NC(=O)N(Cc2ccc(OC(F)(F)F)cc2)C[C@]2(O)CC[C@H]3[C@]45C=C[C@@]6(C=C4C(=O)Cc4c(F)cccc4Cl)CC(O)CC[C@]6(C)[C@H]5CC[C@@]32C)cc1. The average Bonchev–Trinajstić information content (AvgIpc) is 3.46. The van der Waals surface area contributed by atoms with Crippen molar-refractivity contribution in [3.63, 3.8) is 0 Å². The summed E-state index contributed by atoms with van der Waals surface area (Å²) in [6.45, 7) is 4.17. The molecule has 3 aromatic carbocycles. The van der Waals surface area contributed by atoms with Gasteiger partial charge >= 0.3 is 12.4 Å². The first-order valence-corrected chi connectivity index (χ1v) is 20.6. The Kier molecular flexibility index (Phi) is 10.3. The summed E-state index contributed by atoms with van der Waals surface area (Å²) < 4.78 is 63.4. The molecule has 6 aliphatic rings. The summed E-state index contributed by atoms with van der Waals surface area (Å²) in [7, 11) is 1.53. The number of allylic oxidation sites excluding steroid dienone is 4. The Hall–Kier alpha value is -4.39. The zero-order valence-corrected chi connectivity index (χ0v) is 34.0. The normalized spacial score (nSPS) is 33.0. The van der Waals surface area contributed by atoms with E-state index in [1.165, 1.54) is 48.4 Å². The first-order chi connectivity index (χ1) is 27.9. The molecule has 0 saturated heterocycles. The second kappa shape index (κ2) is 14.7. The zero-order chi connectivity index (χ0) is 42.2. The second-order valence-corrected chi connectivity index (χ2v) is 18.2. The van der Waals surface area contributed by atoms with Crippen LogP contribution in [0.4, 0.5) is 28.0 Å². The van der Waals surface area contributed by atoms with Crippen molar-refractivity contribution in [1.29, 1.82) is 0 Å². The molecule has 1 unspecified atom stereocenters. The molecule has 8 nitrogen and oxygen atoms in total. The highest BCUT2D eigenvalue weighted by molar-refractivity contribution is 6.31. The molecule has 8 atom stereocenters. The van der Waals surface area contributed by atoms with Crippen molar-refractivity contribution >= 4 is 29.1 Å². The Morgan fingerprint density at radius 3 is 2.25 bits per heavy atom. The third-order valence-electron chi connectivity index (χ3n) is 15.0. The van der Waals surface area contributed by atoms with E-state index in [0.29, 0.717) is 61.1 Å². The standard InChI is InChI=1S/C46H49ClF4N2O6/c1-41-18-15-30(54)24-43(41)21-22-45(34(25-43)37(55)23-33-35(47)5-4-6-36(33)48)38(41)16-19-42(2)39(45)17-20-44(42,57)27-53(40(56)52-29-9-13-31(58-3)14-10-29)26-28-7-11-32(12-8-28)59-46(49,50)51/h4-14,21-22,25,30,38-39,54,57H,15-20,23-24,26-27H2,1-3H3,(H,52,56)/t30?,38-,39-,41-,42+,43+,44-,45-/m1/s1. The molecule has 0 aliphatic heterocycles. The number of hydrogen-bond donors (Lipinski definition) is 3. The first-order valence-electron chi connectivity index (χ1n) is 20.2. The van der Waals surface area contributed by atoms with Crippen LogP contribution in [0.15, 0.2) is 90.5 Å². The van der Waals surface area contributed by atoms with Gasteiger partial charge in [0.1, 0.15) is 17.3 Å². The number of aliphatic hydroxyl groups excluding tert-OH is 1. The summed E-state index contributed by atoms with van der Waals surface area (Å²) in [5.41, 5.74) is -2.29. The molecular weight excluding hydrogens is 788 g/mol. The summed E-state index contributed by atoms with van der Waals surface area (Å²) in [5, 5.41) is 27.2. The predicted molar refractivity (Wildman–Crippen MR) is 214 cm³/mol. The number of ketones is 1. The molecule has 2 amide bonds. The van der Waals surface area contributed by atoms with E-state index in [1.54, 1.807) is 30.3 Å². The number of ether oxygens (including phenoxy) is 2. The van der Waals surface area contributed by atoms with Crippen molar-refractivity contribution in [2.75, 3.05) is 19.0 Å². The maximum atomic E-state index is 15.2. The number of halogens is 5. The summed E-state index contributed by atoms with van der Waals surface area (Å²) in [5.74, 6) is -0.883. The van der Waals surface area contributed by atoms with E-state index in [0.717, 1.165) is 6.42 Å². The maximum Gasteiger partial charge on any atom is 0.573 e. The van der Waals surface area contributed by atoms with E-state index in [-0.39, 0.29) is 53.1 Å². The maximum absolute atomic E-state index is 15.2. The molecular formula is C46H49ClF4N2O6. The number of hydrogen-bond acceptors (Lipinski definition) is 6. The van der Waals surface area contributed by atoms with Crippen LogP contribution < -0.4 is 14.8 Å². The molecule has 3 N–H and O–H groups in total. The van der Waals surface area contributed by atoms with Gasteiger partial charge in [-0.2, -0.15) is 0 Å². The van der Waals surface area contributed by atoms with Crippen LogP contribution >= 0.6 is 11.6 Å². The van der Waals surface area contributed by atoms with Gasteiger partial charge in [0, 0.05) is 51.1 Å². The number of alkyl halides is 3. The number of fused-ring (bicyclic) bond motifs is 1. The van der Waals surface area contributed by atoms with E-state index in [9.17, 15) is 33.0 Å². The molecule has 3 fully saturated rings. The lowest BCUT2D eigenvalue weighted by molar-refractivity contribution is -0.274.